The Morgan fingerprint density at radius 1 is 1.03 bits per heavy atom. The minimum atomic E-state index is -1.00. The lowest BCUT2D eigenvalue weighted by Crippen LogP contribution is -2.30. The number of nitrogens with zero attached hydrogens (tertiary/aromatic N) is 4. The number of carbonyl (C=O) groups excluding carboxylic acids is 1. The van der Waals surface area contributed by atoms with Gasteiger partial charge in [0.2, 0.25) is 5.91 Å². The highest BCUT2D eigenvalue weighted by molar-refractivity contribution is 8.00. The molecule has 0 spiro atoms. The number of thioether (sulfide) groups is 1. The van der Waals surface area contributed by atoms with Gasteiger partial charge in [-0.25, -0.2) is 8.78 Å². The van der Waals surface area contributed by atoms with Crippen molar-refractivity contribution in [3.05, 3.63) is 71.6 Å². The fourth-order valence-corrected chi connectivity index (χ4v) is 4.66. The predicted molar refractivity (Wildman–Crippen MR) is 125 cm³/mol. The van der Waals surface area contributed by atoms with Gasteiger partial charge in [-0.3, -0.25) is 9.69 Å². The van der Waals surface area contributed by atoms with Crippen LogP contribution in [0.4, 0.5) is 14.5 Å². The van der Waals surface area contributed by atoms with Crippen LogP contribution in [-0.2, 0) is 17.9 Å². The van der Waals surface area contributed by atoms with E-state index in [1.54, 1.807) is 6.92 Å². The van der Waals surface area contributed by atoms with Gasteiger partial charge in [0, 0.05) is 11.8 Å². The molecule has 0 bridgehead atoms. The quantitative estimate of drug-likeness (QED) is 0.482. The molecule has 1 aromatic heterocycles. The first-order valence-electron chi connectivity index (χ1n) is 11.1. The number of hydrogen-bond acceptors (Lipinski definition) is 5. The first kappa shape index (κ1) is 23.4. The fourth-order valence-electron chi connectivity index (χ4n) is 3.79. The van der Waals surface area contributed by atoms with Crippen LogP contribution in [0.3, 0.4) is 0 Å². The zero-order valence-corrected chi connectivity index (χ0v) is 19.3. The van der Waals surface area contributed by atoms with Crippen LogP contribution in [0, 0.1) is 11.6 Å². The standard InChI is InChI=1S/C24H27F2N5OS/c1-17(23(32)27-19-10-11-20(25)21(26)14-19)33-24-29-28-22(16-30-12-6-3-7-13-30)31(24)15-18-8-4-2-5-9-18/h2,4-5,8-11,14,17H,3,6-7,12-13,15-16H2,1H3,(H,27,32). The summed E-state index contributed by atoms with van der Waals surface area (Å²) in [5.41, 5.74) is 1.33. The number of anilines is 1. The molecule has 4 rings (SSSR count). The maximum Gasteiger partial charge on any atom is 0.237 e. The van der Waals surface area contributed by atoms with Gasteiger partial charge in [-0.15, -0.1) is 10.2 Å². The van der Waals surface area contributed by atoms with Crippen LogP contribution >= 0.6 is 11.8 Å². The Morgan fingerprint density at radius 3 is 2.52 bits per heavy atom. The van der Waals surface area contributed by atoms with E-state index in [0.717, 1.165) is 43.2 Å². The Morgan fingerprint density at radius 2 is 1.79 bits per heavy atom. The highest BCUT2D eigenvalue weighted by Crippen LogP contribution is 2.26. The molecule has 2 heterocycles. The summed E-state index contributed by atoms with van der Waals surface area (Å²) in [6, 6.07) is 13.4. The summed E-state index contributed by atoms with van der Waals surface area (Å²) < 4.78 is 28.7. The van der Waals surface area contributed by atoms with Crippen LogP contribution in [0.2, 0.25) is 0 Å². The van der Waals surface area contributed by atoms with Crippen molar-refractivity contribution < 1.29 is 13.6 Å². The third-order valence-corrected chi connectivity index (χ3v) is 6.71. The van der Waals surface area contributed by atoms with E-state index in [1.165, 1.54) is 37.1 Å². The summed E-state index contributed by atoms with van der Waals surface area (Å²) in [7, 11) is 0. The van der Waals surface area contributed by atoms with Crippen molar-refractivity contribution in [3.8, 4) is 0 Å². The second-order valence-corrected chi connectivity index (χ2v) is 9.49. The maximum absolute atomic E-state index is 13.5. The molecule has 3 aromatic rings. The van der Waals surface area contributed by atoms with Crippen molar-refractivity contribution >= 4 is 23.4 Å². The van der Waals surface area contributed by atoms with E-state index in [2.05, 4.69) is 37.1 Å². The number of rotatable bonds is 8. The second kappa shape index (κ2) is 10.9. The van der Waals surface area contributed by atoms with Crippen LogP contribution in [0.5, 0.6) is 0 Å². The average Bonchev–Trinajstić information content (AvgIpc) is 3.18. The van der Waals surface area contributed by atoms with E-state index in [0.29, 0.717) is 11.7 Å². The molecule has 33 heavy (non-hydrogen) atoms. The summed E-state index contributed by atoms with van der Waals surface area (Å²) in [6.07, 6.45) is 3.64. The molecule has 0 saturated carbocycles. The largest absolute Gasteiger partial charge is 0.325 e. The SMILES string of the molecule is CC(Sc1nnc(CN2CCCCC2)n1Cc1ccccc1)C(=O)Nc1ccc(F)c(F)c1. The number of amides is 1. The summed E-state index contributed by atoms with van der Waals surface area (Å²) in [5.74, 6) is -1.40. The number of benzene rings is 2. The van der Waals surface area contributed by atoms with E-state index in [-0.39, 0.29) is 11.6 Å². The summed E-state index contributed by atoms with van der Waals surface area (Å²) in [6.45, 7) is 5.18. The lowest BCUT2D eigenvalue weighted by atomic mass is 10.1. The zero-order valence-electron chi connectivity index (χ0n) is 18.5. The van der Waals surface area contributed by atoms with E-state index < -0.39 is 16.9 Å². The first-order chi connectivity index (χ1) is 16.0. The number of nitrogens with one attached hydrogen (secondary N) is 1. The molecule has 2 aromatic carbocycles. The minimum absolute atomic E-state index is 0.211. The highest BCUT2D eigenvalue weighted by Gasteiger charge is 2.22. The van der Waals surface area contributed by atoms with Gasteiger partial charge in [-0.2, -0.15) is 0 Å². The number of likely N-dealkylation sites (tertiary alicyclic amines) is 1. The van der Waals surface area contributed by atoms with E-state index in [4.69, 9.17) is 0 Å². The second-order valence-electron chi connectivity index (χ2n) is 8.19. The smallest absolute Gasteiger partial charge is 0.237 e. The summed E-state index contributed by atoms with van der Waals surface area (Å²) in [5, 5.41) is 11.6. The van der Waals surface area contributed by atoms with Crippen molar-refractivity contribution in [2.75, 3.05) is 18.4 Å². The number of piperidine rings is 1. The Hall–Kier alpha value is -2.78. The average molecular weight is 472 g/mol. The van der Waals surface area contributed by atoms with Gasteiger partial charge in [0.05, 0.1) is 18.3 Å². The zero-order chi connectivity index (χ0) is 23.2. The highest BCUT2D eigenvalue weighted by atomic mass is 32.2. The van der Waals surface area contributed by atoms with Gasteiger partial charge < -0.3 is 9.88 Å². The molecule has 0 aliphatic carbocycles. The molecule has 174 valence electrons. The lowest BCUT2D eigenvalue weighted by molar-refractivity contribution is -0.115. The molecule has 1 saturated heterocycles. The Kier molecular flexibility index (Phi) is 7.72. The van der Waals surface area contributed by atoms with Gasteiger partial charge in [-0.05, 0) is 50.6 Å². The normalized spacial score (nSPS) is 15.4. The molecule has 6 nitrogen and oxygen atoms in total. The topological polar surface area (TPSA) is 63.1 Å². The van der Waals surface area contributed by atoms with Gasteiger partial charge in [0.25, 0.3) is 0 Å². The molecular weight excluding hydrogens is 444 g/mol. The van der Waals surface area contributed by atoms with Gasteiger partial charge in [0.15, 0.2) is 16.8 Å². The first-order valence-corrected chi connectivity index (χ1v) is 12.0. The van der Waals surface area contributed by atoms with Crippen LogP contribution in [0.25, 0.3) is 0 Å². The third kappa shape index (κ3) is 6.17. The van der Waals surface area contributed by atoms with Crippen molar-refractivity contribution in [2.45, 2.75) is 49.7 Å². The van der Waals surface area contributed by atoms with Crippen LogP contribution in [0.1, 0.15) is 37.6 Å². The third-order valence-electron chi connectivity index (χ3n) is 5.63. The van der Waals surface area contributed by atoms with Crippen LogP contribution < -0.4 is 5.32 Å². The Balaban J connectivity index is 1.50. The van der Waals surface area contributed by atoms with Crippen LogP contribution in [0.15, 0.2) is 53.7 Å². The molecule has 1 atom stereocenters. The molecule has 1 aliphatic rings. The van der Waals surface area contributed by atoms with Crippen LogP contribution in [-0.4, -0.2) is 43.9 Å². The fraction of sp³-hybridized carbons (Fsp3) is 0.375. The maximum atomic E-state index is 13.5. The number of hydrogen-bond donors (Lipinski definition) is 1. The monoisotopic (exact) mass is 471 g/mol. The predicted octanol–water partition coefficient (Wildman–Crippen LogP) is 4.71. The number of carbonyl (C=O) groups is 1. The van der Waals surface area contributed by atoms with Crippen molar-refractivity contribution in [1.29, 1.82) is 0 Å². The summed E-state index contributed by atoms with van der Waals surface area (Å²) >= 11 is 1.30. The van der Waals surface area contributed by atoms with E-state index in [1.807, 2.05) is 18.2 Å². The Bertz CT molecular complexity index is 1090. The minimum Gasteiger partial charge on any atom is -0.325 e. The van der Waals surface area contributed by atoms with Crippen molar-refractivity contribution in [2.24, 2.45) is 0 Å². The number of halogens is 2. The Labute approximate surface area is 196 Å². The van der Waals surface area contributed by atoms with Crippen molar-refractivity contribution in [1.82, 2.24) is 19.7 Å². The summed E-state index contributed by atoms with van der Waals surface area (Å²) in [4.78, 5) is 15.1. The molecule has 1 fully saturated rings. The molecule has 1 amide bonds. The molecule has 0 radical (unpaired) electrons. The van der Waals surface area contributed by atoms with E-state index >= 15 is 0 Å². The molecule has 1 aliphatic heterocycles. The lowest BCUT2D eigenvalue weighted by Gasteiger charge is -2.26. The van der Waals surface area contributed by atoms with Gasteiger partial charge in [-0.1, -0.05) is 48.5 Å². The number of aromatic nitrogens is 3. The van der Waals surface area contributed by atoms with E-state index in [9.17, 15) is 13.6 Å². The molecule has 1 unspecified atom stereocenters. The molecule has 1 N–H and O–H groups in total. The van der Waals surface area contributed by atoms with Crippen molar-refractivity contribution in [3.63, 3.8) is 0 Å². The van der Waals surface area contributed by atoms with Gasteiger partial charge >= 0.3 is 0 Å². The van der Waals surface area contributed by atoms with Gasteiger partial charge in [0.1, 0.15) is 5.82 Å². The molecule has 9 heteroatoms. The molecular formula is C24H27F2N5OS.